The number of anilines is 1. The van der Waals surface area contributed by atoms with Gasteiger partial charge in [-0.25, -0.2) is 0 Å². The summed E-state index contributed by atoms with van der Waals surface area (Å²) in [5.41, 5.74) is 6.86. The third-order valence-corrected chi connectivity index (χ3v) is 3.18. The largest absolute Gasteiger partial charge is 0.398 e. The van der Waals surface area contributed by atoms with Gasteiger partial charge in [-0.05, 0) is 38.6 Å². The fraction of sp³-hybridized carbons (Fsp3) is 0.533. The highest BCUT2D eigenvalue weighted by atomic mass is 16.1. The normalized spacial score (nSPS) is 12.7. The predicted molar refractivity (Wildman–Crippen MR) is 80.1 cm³/mol. The molecule has 0 aliphatic rings. The van der Waals surface area contributed by atoms with Crippen LogP contribution < -0.4 is 11.1 Å². The molecule has 1 aromatic carbocycles. The fourth-order valence-corrected chi connectivity index (χ4v) is 2.03. The zero-order valence-electron chi connectivity index (χ0n) is 12.3. The summed E-state index contributed by atoms with van der Waals surface area (Å²) >= 11 is 0. The fourth-order valence-electron chi connectivity index (χ4n) is 2.03. The van der Waals surface area contributed by atoms with E-state index in [2.05, 4.69) is 24.1 Å². The molecule has 0 aromatic heterocycles. The monoisotopic (exact) mass is 263 g/mol. The number of hydrogen-bond donors (Lipinski definition) is 2. The second kappa shape index (κ2) is 7.14. The minimum Gasteiger partial charge on any atom is -0.398 e. The molecule has 0 radical (unpaired) electrons. The lowest BCUT2D eigenvalue weighted by molar-refractivity contribution is 0.0939. The van der Waals surface area contributed by atoms with Gasteiger partial charge < -0.3 is 16.0 Å². The van der Waals surface area contributed by atoms with Crippen molar-refractivity contribution in [1.82, 2.24) is 10.2 Å². The summed E-state index contributed by atoms with van der Waals surface area (Å²) in [6.07, 6.45) is 1.05. The van der Waals surface area contributed by atoms with Crippen LogP contribution in [0.25, 0.3) is 0 Å². The third-order valence-electron chi connectivity index (χ3n) is 3.18. The van der Waals surface area contributed by atoms with Crippen molar-refractivity contribution >= 4 is 11.6 Å². The van der Waals surface area contributed by atoms with Gasteiger partial charge in [-0.3, -0.25) is 4.79 Å². The molecule has 0 aliphatic carbocycles. The van der Waals surface area contributed by atoms with Gasteiger partial charge in [0.15, 0.2) is 0 Å². The first-order chi connectivity index (χ1) is 8.91. The number of hydrogen-bond acceptors (Lipinski definition) is 3. The molecular weight excluding hydrogens is 238 g/mol. The van der Waals surface area contributed by atoms with E-state index in [1.54, 1.807) is 12.1 Å². The number of carbonyl (C=O) groups is 1. The van der Waals surface area contributed by atoms with Gasteiger partial charge in [0.2, 0.25) is 0 Å². The summed E-state index contributed by atoms with van der Waals surface area (Å²) in [7, 11) is 4.08. The molecule has 0 aliphatic heterocycles. The smallest absolute Gasteiger partial charge is 0.253 e. The Morgan fingerprint density at radius 2 is 1.95 bits per heavy atom. The number of nitrogens with two attached hydrogens (primary N) is 1. The molecule has 4 nitrogen and oxygen atoms in total. The SMILES string of the molecule is CC(C)CC(CNC(=O)c1ccccc1N)N(C)C. The van der Waals surface area contributed by atoms with E-state index in [4.69, 9.17) is 5.73 Å². The van der Waals surface area contributed by atoms with Gasteiger partial charge in [0, 0.05) is 18.3 Å². The molecule has 1 rings (SSSR count). The van der Waals surface area contributed by atoms with E-state index in [1.807, 2.05) is 26.2 Å². The Labute approximate surface area is 116 Å². The first kappa shape index (κ1) is 15.5. The maximum Gasteiger partial charge on any atom is 0.253 e. The van der Waals surface area contributed by atoms with Crippen LogP contribution in [-0.4, -0.2) is 37.5 Å². The van der Waals surface area contributed by atoms with Crippen LogP contribution in [0.1, 0.15) is 30.6 Å². The van der Waals surface area contributed by atoms with Crippen LogP contribution >= 0.6 is 0 Å². The molecule has 0 saturated carbocycles. The van der Waals surface area contributed by atoms with E-state index in [0.29, 0.717) is 29.8 Å². The van der Waals surface area contributed by atoms with Gasteiger partial charge >= 0.3 is 0 Å². The zero-order chi connectivity index (χ0) is 14.4. The average Bonchev–Trinajstić information content (AvgIpc) is 2.34. The highest BCUT2D eigenvalue weighted by Gasteiger charge is 2.15. The van der Waals surface area contributed by atoms with E-state index in [1.165, 1.54) is 0 Å². The number of para-hydroxylation sites is 1. The number of benzene rings is 1. The Morgan fingerprint density at radius 1 is 1.32 bits per heavy atom. The molecule has 0 heterocycles. The summed E-state index contributed by atoms with van der Waals surface area (Å²) in [6, 6.07) is 7.48. The molecule has 1 atom stereocenters. The summed E-state index contributed by atoms with van der Waals surface area (Å²) in [5.74, 6) is 0.500. The predicted octanol–water partition coefficient (Wildman–Crippen LogP) is 1.97. The van der Waals surface area contributed by atoms with Crippen molar-refractivity contribution in [2.45, 2.75) is 26.3 Å². The highest BCUT2D eigenvalue weighted by Crippen LogP contribution is 2.11. The number of carbonyl (C=O) groups excluding carboxylic acids is 1. The standard InChI is InChI=1S/C15H25N3O/c1-11(2)9-12(18(3)4)10-17-15(19)13-7-5-6-8-14(13)16/h5-8,11-12H,9-10,16H2,1-4H3,(H,17,19). The van der Waals surface area contributed by atoms with Gasteiger partial charge in [0.05, 0.1) is 5.56 Å². The van der Waals surface area contributed by atoms with E-state index in [0.717, 1.165) is 6.42 Å². The molecule has 0 spiro atoms. The molecule has 106 valence electrons. The van der Waals surface area contributed by atoms with Crippen LogP contribution in [-0.2, 0) is 0 Å². The van der Waals surface area contributed by atoms with Crippen molar-refractivity contribution in [1.29, 1.82) is 0 Å². The van der Waals surface area contributed by atoms with Gasteiger partial charge in [-0.2, -0.15) is 0 Å². The lowest BCUT2D eigenvalue weighted by atomic mass is 10.0. The van der Waals surface area contributed by atoms with Crippen LogP contribution in [0, 0.1) is 5.92 Å². The van der Waals surface area contributed by atoms with Crippen molar-refractivity contribution in [2.75, 3.05) is 26.4 Å². The molecule has 1 aromatic rings. The summed E-state index contributed by atoms with van der Waals surface area (Å²) < 4.78 is 0. The van der Waals surface area contributed by atoms with E-state index in [-0.39, 0.29) is 5.91 Å². The van der Waals surface area contributed by atoms with Crippen LogP contribution in [0.5, 0.6) is 0 Å². The molecule has 19 heavy (non-hydrogen) atoms. The van der Waals surface area contributed by atoms with Crippen molar-refractivity contribution in [3.8, 4) is 0 Å². The van der Waals surface area contributed by atoms with E-state index < -0.39 is 0 Å². The molecule has 3 N–H and O–H groups in total. The number of nitrogens with zero attached hydrogens (tertiary/aromatic N) is 1. The molecule has 4 heteroatoms. The first-order valence-corrected chi connectivity index (χ1v) is 6.71. The Kier molecular flexibility index (Phi) is 5.83. The average molecular weight is 263 g/mol. The van der Waals surface area contributed by atoms with Crippen LogP contribution in [0.3, 0.4) is 0 Å². The van der Waals surface area contributed by atoms with Gasteiger partial charge in [-0.1, -0.05) is 26.0 Å². The van der Waals surface area contributed by atoms with Crippen LogP contribution in [0.2, 0.25) is 0 Å². The third kappa shape index (κ3) is 4.91. The summed E-state index contributed by atoms with van der Waals surface area (Å²) in [5, 5.41) is 2.97. The Bertz CT molecular complexity index is 416. The molecule has 0 bridgehead atoms. The molecule has 0 saturated heterocycles. The number of likely N-dealkylation sites (N-methyl/N-ethyl adjacent to an activating group) is 1. The van der Waals surface area contributed by atoms with Crippen molar-refractivity contribution < 1.29 is 4.79 Å². The molecule has 1 amide bonds. The molecule has 1 unspecified atom stereocenters. The van der Waals surface area contributed by atoms with Gasteiger partial charge in [0.25, 0.3) is 5.91 Å². The Balaban J connectivity index is 2.60. The van der Waals surface area contributed by atoms with Gasteiger partial charge in [0.1, 0.15) is 0 Å². The number of nitrogen functional groups attached to an aromatic ring is 1. The van der Waals surface area contributed by atoms with E-state index >= 15 is 0 Å². The van der Waals surface area contributed by atoms with Crippen molar-refractivity contribution in [2.24, 2.45) is 5.92 Å². The minimum absolute atomic E-state index is 0.103. The quantitative estimate of drug-likeness (QED) is 0.772. The molecular formula is C15H25N3O. The highest BCUT2D eigenvalue weighted by molar-refractivity contribution is 5.99. The molecule has 0 fully saturated rings. The number of nitrogens with one attached hydrogen (secondary N) is 1. The Hall–Kier alpha value is -1.55. The minimum atomic E-state index is -0.103. The van der Waals surface area contributed by atoms with Crippen molar-refractivity contribution in [3.05, 3.63) is 29.8 Å². The lowest BCUT2D eigenvalue weighted by Crippen LogP contribution is -2.41. The maximum absolute atomic E-state index is 12.1. The zero-order valence-corrected chi connectivity index (χ0v) is 12.3. The van der Waals surface area contributed by atoms with E-state index in [9.17, 15) is 4.79 Å². The number of rotatable bonds is 6. The lowest BCUT2D eigenvalue weighted by Gasteiger charge is -2.26. The summed E-state index contributed by atoms with van der Waals surface area (Å²) in [6.45, 7) is 5.01. The second-order valence-electron chi connectivity index (χ2n) is 5.54. The van der Waals surface area contributed by atoms with Crippen molar-refractivity contribution in [3.63, 3.8) is 0 Å². The topological polar surface area (TPSA) is 58.4 Å². The van der Waals surface area contributed by atoms with Crippen LogP contribution in [0.15, 0.2) is 24.3 Å². The first-order valence-electron chi connectivity index (χ1n) is 6.71. The van der Waals surface area contributed by atoms with Gasteiger partial charge in [-0.15, -0.1) is 0 Å². The number of amides is 1. The van der Waals surface area contributed by atoms with Crippen LogP contribution in [0.4, 0.5) is 5.69 Å². The second-order valence-corrected chi connectivity index (χ2v) is 5.54. The summed E-state index contributed by atoms with van der Waals surface area (Å²) in [4.78, 5) is 14.2. The Morgan fingerprint density at radius 3 is 2.47 bits per heavy atom. The maximum atomic E-state index is 12.1.